The van der Waals surface area contributed by atoms with E-state index in [9.17, 15) is 9.59 Å². The van der Waals surface area contributed by atoms with Gasteiger partial charge in [-0.1, -0.05) is 12.1 Å². The summed E-state index contributed by atoms with van der Waals surface area (Å²) < 4.78 is 11.0. The first-order valence-corrected chi connectivity index (χ1v) is 8.87. The van der Waals surface area contributed by atoms with Crippen LogP contribution >= 0.6 is 0 Å². The molecule has 1 aromatic rings. The highest BCUT2D eigenvalue weighted by Crippen LogP contribution is 2.40. The first kappa shape index (κ1) is 17.7. The fourth-order valence-corrected chi connectivity index (χ4v) is 3.55. The first-order chi connectivity index (χ1) is 12.1. The lowest BCUT2D eigenvalue weighted by molar-refractivity contribution is -0.140. The normalized spacial score (nSPS) is 24.4. The van der Waals surface area contributed by atoms with Gasteiger partial charge < -0.3 is 19.9 Å². The lowest BCUT2D eigenvalue weighted by Crippen LogP contribution is -2.45. The van der Waals surface area contributed by atoms with Crippen molar-refractivity contribution >= 4 is 11.9 Å². The molecule has 0 unspecified atom stereocenters. The predicted molar refractivity (Wildman–Crippen MR) is 91.6 cm³/mol. The molecular formula is C19H25NO5. The second-order valence-corrected chi connectivity index (χ2v) is 6.85. The summed E-state index contributed by atoms with van der Waals surface area (Å²) in [7, 11) is 0. The number of ether oxygens (including phenoxy) is 2. The molecule has 1 heterocycles. The van der Waals surface area contributed by atoms with Crippen molar-refractivity contribution in [3.8, 4) is 5.75 Å². The predicted octanol–water partition coefficient (Wildman–Crippen LogP) is 1.97. The lowest BCUT2D eigenvalue weighted by atomic mass is 9.74. The van der Waals surface area contributed by atoms with Gasteiger partial charge in [-0.25, -0.2) is 0 Å². The summed E-state index contributed by atoms with van der Waals surface area (Å²) >= 11 is 0. The minimum atomic E-state index is -0.882. The van der Waals surface area contributed by atoms with Crippen LogP contribution in [0.5, 0.6) is 5.75 Å². The van der Waals surface area contributed by atoms with Crippen LogP contribution in [0.2, 0.25) is 0 Å². The maximum Gasteiger partial charge on any atom is 0.307 e. The summed E-state index contributed by atoms with van der Waals surface area (Å²) in [5, 5.41) is 12.0. The molecule has 2 aliphatic rings. The molecule has 1 aliphatic carbocycles. The summed E-state index contributed by atoms with van der Waals surface area (Å²) in [6.07, 6.45) is 2.10. The molecule has 25 heavy (non-hydrogen) atoms. The van der Waals surface area contributed by atoms with Gasteiger partial charge in [0.25, 0.3) is 0 Å². The standard InChI is InChI=1S/C19H25NO5/c1-2-25-14-5-3-13(4-6-14)19(7-9-24-10-8-19)12-20-17(21)15-11-16(15)18(22)23/h3-6,15-16H,2,7-12H2,1H3,(H,20,21)(H,22,23)/t15-,16+/m0/s1. The summed E-state index contributed by atoms with van der Waals surface area (Å²) in [4.78, 5) is 23.2. The molecule has 136 valence electrons. The average molecular weight is 347 g/mol. The molecule has 1 aromatic carbocycles. The zero-order valence-corrected chi connectivity index (χ0v) is 14.5. The number of carbonyl (C=O) groups excluding carboxylic acids is 1. The summed E-state index contributed by atoms with van der Waals surface area (Å²) in [5.74, 6) is -1.10. The number of aliphatic carboxylic acids is 1. The van der Waals surface area contributed by atoms with Gasteiger partial charge in [-0.2, -0.15) is 0 Å². The van der Waals surface area contributed by atoms with E-state index in [1.54, 1.807) is 0 Å². The SMILES string of the molecule is CCOc1ccc(C2(CNC(=O)[C@H]3C[C@H]3C(=O)O)CCOCC2)cc1. The fraction of sp³-hybridized carbons (Fsp3) is 0.579. The number of carbonyl (C=O) groups is 2. The van der Waals surface area contributed by atoms with Crippen molar-refractivity contribution < 1.29 is 24.2 Å². The Morgan fingerprint density at radius 1 is 1.24 bits per heavy atom. The van der Waals surface area contributed by atoms with E-state index in [0.29, 0.717) is 32.8 Å². The molecule has 6 heteroatoms. The third-order valence-electron chi connectivity index (χ3n) is 5.27. The maximum absolute atomic E-state index is 12.2. The van der Waals surface area contributed by atoms with Crippen molar-refractivity contribution in [3.63, 3.8) is 0 Å². The summed E-state index contributed by atoms with van der Waals surface area (Å²) in [6, 6.07) is 8.03. The minimum absolute atomic E-state index is 0.149. The van der Waals surface area contributed by atoms with Gasteiger partial charge in [-0.15, -0.1) is 0 Å². The van der Waals surface area contributed by atoms with Gasteiger partial charge in [0.1, 0.15) is 5.75 Å². The Bertz CT molecular complexity index is 621. The van der Waals surface area contributed by atoms with E-state index in [-0.39, 0.29) is 17.2 Å². The smallest absolute Gasteiger partial charge is 0.307 e. The molecule has 0 aromatic heterocycles. The second kappa shape index (κ2) is 7.44. The number of hydrogen-bond donors (Lipinski definition) is 2. The Balaban J connectivity index is 1.68. The number of benzene rings is 1. The largest absolute Gasteiger partial charge is 0.494 e. The van der Waals surface area contributed by atoms with Crippen molar-refractivity contribution in [1.29, 1.82) is 0 Å². The zero-order valence-electron chi connectivity index (χ0n) is 14.5. The Hall–Kier alpha value is -2.08. The van der Waals surface area contributed by atoms with Crippen LogP contribution in [0, 0.1) is 11.8 Å². The van der Waals surface area contributed by atoms with Gasteiger partial charge in [0.2, 0.25) is 5.91 Å². The van der Waals surface area contributed by atoms with Crippen LogP contribution in [-0.4, -0.2) is 43.3 Å². The summed E-state index contributed by atoms with van der Waals surface area (Å²) in [6.45, 7) is 4.40. The highest BCUT2D eigenvalue weighted by molar-refractivity contribution is 5.89. The summed E-state index contributed by atoms with van der Waals surface area (Å²) in [5.41, 5.74) is 0.983. The first-order valence-electron chi connectivity index (χ1n) is 8.87. The van der Waals surface area contributed by atoms with Crippen LogP contribution < -0.4 is 10.1 Å². The molecule has 0 bridgehead atoms. The highest BCUT2D eigenvalue weighted by Gasteiger charge is 2.48. The fourth-order valence-electron chi connectivity index (χ4n) is 3.55. The van der Waals surface area contributed by atoms with Gasteiger partial charge in [0, 0.05) is 25.2 Å². The Morgan fingerprint density at radius 2 is 1.92 bits per heavy atom. The third-order valence-corrected chi connectivity index (χ3v) is 5.27. The van der Waals surface area contributed by atoms with Crippen LogP contribution in [0.15, 0.2) is 24.3 Å². The van der Waals surface area contributed by atoms with Crippen molar-refractivity contribution in [2.24, 2.45) is 11.8 Å². The average Bonchev–Trinajstić information content (AvgIpc) is 3.43. The molecule has 1 saturated heterocycles. The molecular weight excluding hydrogens is 322 g/mol. The van der Waals surface area contributed by atoms with E-state index in [2.05, 4.69) is 17.4 Å². The van der Waals surface area contributed by atoms with Gasteiger partial charge in [0.15, 0.2) is 0 Å². The van der Waals surface area contributed by atoms with E-state index in [4.69, 9.17) is 14.6 Å². The van der Waals surface area contributed by atoms with Crippen molar-refractivity contribution in [2.45, 2.75) is 31.6 Å². The molecule has 6 nitrogen and oxygen atoms in total. The monoisotopic (exact) mass is 347 g/mol. The van der Waals surface area contributed by atoms with Gasteiger partial charge in [-0.05, 0) is 43.9 Å². The number of carboxylic acid groups (broad SMARTS) is 1. The van der Waals surface area contributed by atoms with Crippen LogP contribution in [0.25, 0.3) is 0 Å². The lowest BCUT2D eigenvalue weighted by Gasteiger charge is -2.38. The molecule has 1 amide bonds. The minimum Gasteiger partial charge on any atom is -0.494 e. The van der Waals surface area contributed by atoms with Crippen molar-refractivity contribution in [2.75, 3.05) is 26.4 Å². The van der Waals surface area contributed by atoms with E-state index in [0.717, 1.165) is 24.2 Å². The number of carboxylic acids is 1. The maximum atomic E-state index is 12.2. The Kier molecular flexibility index (Phi) is 5.27. The molecule has 2 fully saturated rings. The van der Waals surface area contributed by atoms with Crippen LogP contribution in [-0.2, 0) is 19.7 Å². The van der Waals surface area contributed by atoms with Crippen LogP contribution in [0.1, 0.15) is 31.7 Å². The van der Waals surface area contributed by atoms with E-state index in [1.165, 1.54) is 0 Å². The molecule has 2 atom stereocenters. The van der Waals surface area contributed by atoms with E-state index >= 15 is 0 Å². The third kappa shape index (κ3) is 3.95. The van der Waals surface area contributed by atoms with Gasteiger partial charge >= 0.3 is 5.97 Å². The molecule has 0 spiro atoms. The van der Waals surface area contributed by atoms with Gasteiger partial charge in [0.05, 0.1) is 18.4 Å². The molecule has 2 N–H and O–H groups in total. The quantitative estimate of drug-likeness (QED) is 0.788. The highest BCUT2D eigenvalue weighted by atomic mass is 16.5. The number of amides is 1. The Labute approximate surface area is 147 Å². The van der Waals surface area contributed by atoms with Crippen molar-refractivity contribution in [3.05, 3.63) is 29.8 Å². The Morgan fingerprint density at radius 3 is 2.48 bits per heavy atom. The van der Waals surface area contributed by atoms with Gasteiger partial charge in [-0.3, -0.25) is 9.59 Å². The van der Waals surface area contributed by atoms with Crippen LogP contribution in [0.4, 0.5) is 0 Å². The zero-order chi connectivity index (χ0) is 17.9. The molecule has 1 saturated carbocycles. The molecule has 1 aliphatic heterocycles. The van der Waals surface area contributed by atoms with Crippen molar-refractivity contribution in [1.82, 2.24) is 5.32 Å². The molecule has 3 rings (SSSR count). The second-order valence-electron chi connectivity index (χ2n) is 6.85. The van der Waals surface area contributed by atoms with E-state index < -0.39 is 11.9 Å². The molecule has 0 radical (unpaired) electrons. The number of nitrogens with one attached hydrogen (secondary N) is 1. The topological polar surface area (TPSA) is 84.9 Å². The van der Waals surface area contributed by atoms with E-state index in [1.807, 2.05) is 19.1 Å². The number of hydrogen-bond acceptors (Lipinski definition) is 4. The number of rotatable bonds is 7. The van der Waals surface area contributed by atoms with Crippen LogP contribution in [0.3, 0.4) is 0 Å².